The van der Waals surface area contributed by atoms with E-state index in [1.165, 1.54) is 0 Å². The standard InChI is InChI=1S/C10H15BrFN3/c1-6(2)15-9(8(11)5-14-15)10(12)3-7(13)4-10/h5-7H,3-4,13H2,1-2H3. The van der Waals surface area contributed by atoms with Crippen molar-refractivity contribution in [3.63, 3.8) is 0 Å². The highest BCUT2D eigenvalue weighted by molar-refractivity contribution is 9.10. The first-order chi connectivity index (χ1) is 6.94. The second-order valence-electron chi connectivity index (χ2n) is 4.51. The number of nitrogens with zero attached hydrogens (tertiary/aromatic N) is 2. The third-order valence-electron chi connectivity index (χ3n) is 2.84. The highest BCUT2D eigenvalue weighted by atomic mass is 79.9. The zero-order chi connectivity index (χ0) is 11.2. The predicted octanol–water partition coefficient (Wildman–Crippen LogP) is 2.51. The van der Waals surface area contributed by atoms with Crippen molar-refractivity contribution < 1.29 is 4.39 Å². The van der Waals surface area contributed by atoms with Gasteiger partial charge in [-0.1, -0.05) is 0 Å². The molecule has 0 spiro atoms. The molecular weight excluding hydrogens is 261 g/mol. The number of aromatic nitrogens is 2. The van der Waals surface area contributed by atoms with Crippen molar-refractivity contribution in [1.82, 2.24) is 9.78 Å². The minimum atomic E-state index is -1.29. The van der Waals surface area contributed by atoms with Gasteiger partial charge in [-0.15, -0.1) is 0 Å². The molecule has 0 radical (unpaired) electrons. The van der Waals surface area contributed by atoms with Gasteiger partial charge in [0.05, 0.1) is 16.4 Å². The van der Waals surface area contributed by atoms with E-state index in [0.717, 1.165) is 4.47 Å². The zero-order valence-electron chi connectivity index (χ0n) is 8.87. The van der Waals surface area contributed by atoms with Gasteiger partial charge in [0, 0.05) is 24.9 Å². The molecule has 0 aromatic carbocycles. The van der Waals surface area contributed by atoms with Gasteiger partial charge in [0.15, 0.2) is 5.67 Å². The minimum Gasteiger partial charge on any atom is -0.327 e. The summed E-state index contributed by atoms with van der Waals surface area (Å²) in [6.45, 7) is 3.98. The van der Waals surface area contributed by atoms with Crippen LogP contribution in [0.2, 0.25) is 0 Å². The van der Waals surface area contributed by atoms with E-state index in [2.05, 4.69) is 21.0 Å². The third-order valence-corrected chi connectivity index (χ3v) is 3.42. The molecule has 1 fully saturated rings. The highest BCUT2D eigenvalue weighted by Crippen LogP contribution is 2.47. The summed E-state index contributed by atoms with van der Waals surface area (Å²) < 4.78 is 16.9. The topological polar surface area (TPSA) is 43.8 Å². The maximum atomic E-state index is 14.4. The van der Waals surface area contributed by atoms with Gasteiger partial charge in [-0.05, 0) is 29.8 Å². The molecule has 84 valence electrons. The molecule has 1 aliphatic carbocycles. The van der Waals surface area contributed by atoms with Crippen molar-refractivity contribution in [3.8, 4) is 0 Å². The van der Waals surface area contributed by atoms with E-state index in [4.69, 9.17) is 5.73 Å². The van der Waals surface area contributed by atoms with E-state index in [1.807, 2.05) is 13.8 Å². The molecule has 0 amide bonds. The second kappa shape index (κ2) is 3.56. The fourth-order valence-corrected chi connectivity index (χ4v) is 2.75. The Kier molecular flexibility index (Phi) is 2.63. The van der Waals surface area contributed by atoms with Gasteiger partial charge in [-0.2, -0.15) is 5.10 Å². The molecule has 1 saturated carbocycles. The Labute approximate surface area is 97.0 Å². The Morgan fingerprint density at radius 2 is 2.27 bits per heavy atom. The maximum absolute atomic E-state index is 14.4. The minimum absolute atomic E-state index is 0.0163. The normalized spacial score (nSPS) is 30.7. The second-order valence-corrected chi connectivity index (χ2v) is 5.37. The molecular formula is C10H15BrFN3. The summed E-state index contributed by atoms with van der Waals surface area (Å²) in [5, 5.41) is 4.18. The lowest BCUT2D eigenvalue weighted by Gasteiger charge is -2.40. The lowest BCUT2D eigenvalue weighted by atomic mass is 9.75. The fraction of sp³-hybridized carbons (Fsp3) is 0.700. The van der Waals surface area contributed by atoms with E-state index in [0.29, 0.717) is 18.5 Å². The summed E-state index contributed by atoms with van der Waals surface area (Å²) in [6.07, 6.45) is 2.44. The van der Waals surface area contributed by atoms with E-state index in [9.17, 15) is 4.39 Å². The maximum Gasteiger partial charge on any atom is 0.156 e. The molecule has 0 bridgehead atoms. The van der Waals surface area contributed by atoms with E-state index >= 15 is 0 Å². The molecule has 1 aromatic rings. The molecule has 0 unspecified atom stereocenters. The van der Waals surface area contributed by atoms with Crippen LogP contribution >= 0.6 is 15.9 Å². The van der Waals surface area contributed by atoms with Crippen LogP contribution in [0.15, 0.2) is 10.7 Å². The first-order valence-electron chi connectivity index (χ1n) is 5.12. The molecule has 2 N–H and O–H groups in total. The Morgan fingerprint density at radius 3 is 2.73 bits per heavy atom. The van der Waals surface area contributed by atoms with Crippen LogP contribution in [0.3, 0.4) is 0 Å². The Morgan fingerprint density at radius 1 is 1.67 bits per heavy atom. The summed E-state index contributed by atoms with van der Waals surface area (Å²) in [5.74, 6) is 0. The molecule has 5 heteroatoms. The van der Waals surface area contributed by atoms with Crippen LogP contribution in [-0.2, 0) is 5.67 Å². The SMILES string of the molecule is CC(C)n1ncc(Br)c1C1(F)CC(N)C1. The van der Waals surface area contributed by atoms with Gasteiger partial charge in [-0.25, -0.2) is 4.39 Å². The third kappa shape index (κ3) is 1.72. The predicted molar refractivity (Wildman–Crippen MR) is 60.3 cm³/mol. The number of hydrogen-bond acceptors (Lipinski definition) is 2. The number of nitrogens with two attached hydrogens (primary N) is 1. The van der Waals surface area contributed by atoms with Crippen LogP contribution in [0.1, 0.15) is 38.4 Å². The quantitative estimate of drug-likeness (QED) is 0.902. The van der Waals surface area contributed by atoms with E-state index in [1.54, 1.807) is 10.9 Å². The van der Waals surface area contributed by atoms with Gasteiger partial charge in [0.25, 0.3) is 0 Å². The van der Waals surface area contributed by atoms with Crippen molar-refractivity contribution in [2.24, 2.45) is 5.73 Å². The summed E-state index contributed by atoms with van der Waals surface area (Å²) in [7, 11) is 0. The number of rotatable bonds is 2. The molecule has 0 aliphatic heterocycles. The number of alkyl halides is 1. The molecule has 2 rings (SSSR count). The van der Waals surface area contributed by atoms with Crippen LogP contribution in [0.25, 0.3) is 0 Å². The summed E-state index contributed by atoms with van der Waals surface area (Å²) in [4.78, 5) is 0. The molecule has 1 aliphatic rings. The Bertz CT molecular complexity index is 369. The van der Waals surface area contributed by atoms with E-state index in [-0.39, 0.29) is 12.1 Å². The molecule has 0 saturated heterocycles. The lowest BCUT2D eigenvalue weighted by molar-refractivity contribution is 0.0291. The van der Waals surface area contributed by atoms with Crippen molar-refractivity contribution in [2.75, 3.05) is 0 Å². The van der Waals surface area contributed by atoms with Crippen molar-refractivity contribution in [2.45, 2.75) is 44.4 Å². The van der Waals surface area contributed by atoms with Gasteiger partial charge in [0.2, 0.25) is 0 Å². The zero-order valence-corrected chi connectivity index (χ0v) is 10.5. The molecule has 3 nitrogen and oxygen atoms in total. The highest BCUT2D eigenvalue weighted by Gasteiger charge is 2.48. The van der Waals surface area contributed by atoms with Gasteiger partial charge < -0.3 is 5.73 Å². The van der Waals surface area contributed by atoms with Crippen molar-refractivity contribution in [1.29, 1.82) is 0 Å². The lowest BCUT2D eigenvalue weighted by Crippen LogP contribution is -2.47. The number of hydrogen-bond donors (Lipinski definition) is 1. The van der Waals surface area contributed by atoms with Crippen molar-refractivity contribution in [3.05, 3.63) is 16.4 Å². The van der Waals surface area contributed by atoms with Crippen molar-refractivity contribution >= 4 is 15.9 Å². The Balaban J connectivity index is 2.38. The summed E-state index contributed by atoms with van der Waals surface area (Å²) in [5.41, 5.74) is 5.00. The molecule has 15 heavy (non-hydrogen) atoms. The van der Waals surface area contributed by atoms with Crippen LogP contribution in [0.5, 0.6) is 0 Å². The average molecular weight is 276 g/mol. The smallest absolute Gasteiger partial charge is 0.156 e. The van der Waals surface area contributed by atoms with Crippen LogP contribution in [-0.4, -0.2) is 15.8 Å². The van der Waals surface area contributed by atoms with Gasteiger partial charge in [0.1, 0.15) is 0 Å². The summed E-state index contributed by atoms with van der Waals surface area (Å²) >= 11 is 3.35. The average Bonchev–Trinajstić information content (AvgIpc) is 2.44. The first kappa shape index (κ1) is 11.1. The largest absolute Gasteiger partial charge is 0.327 e. The molecule has 0 atom stereocenters. The van der Waals surface area contributed by atoms with Crippen LogP contribution < -0.4 is 5.73 Å². The van der Waals surface area contributed by atoms with Gasteiger partial charge in [-0.3, -0.25) is 4.68 Å². The Hall–Kier alpha value is -0.420. The fourth-order valence-electron chi connectivity index (χ4n) is 2.12. The van der Waals surface area contributed by atoms with Crippen LogP contribution in [0.4, 0.5) is 4.39 Å². The van der Waals surface area contributed by atoms with Crippen LogP contribution in [0, 0.1) is 0 Å². The summed E-state index contributed by atoms with van der Waals surface area (Å²) in [6, 6.07) is 0.146. The first-order valence-corrected chi connectivity index (χ1v) is 5.91. The van der Waals surface area contributed by atoms with Gasteiger partial charge >= 0.3 is 0 Å². The number of halogens is 2. The molecule has 1 heterocycles. The molecule has 1 aromatic heterocycles. The monoisotopic (exact) mass is 275 g/mol. The van der Waals surface area contributed by atoms with E-state index < -0.39 is 5.67 Å².